The maximum atomic E-state index is 13.2. The smallest absolute Gasteiger partial charge is 0.391 e. The molecule has 6 unspecified atom stereocenters. The van der Waals surface area contributed by atoms with Crippen LogP contribution in [0.4, 0.5) is 0 Å². The molecular weight excluding hydrogens is 1320 g/mol. The average Bonchev–Trinajstić information content (AvgIpc) is 1.00. The zero-order chi connectivity index (χ0) is 66.7. The highest BCUT2D eigenvalue weighted by atomic mass is 32.2. The van der Waals surface area contributed by atoms with Crippen molar-refractivity contribution in [3.05, 3.63) is 0 Å². The minimum Gasteiger partial charge on any atom is -0.391 e. The van der Waals surface area contributed by atoms with E-state index in [0.717, 1.165) is 96.7 Å². The van der Waals surface area contributed by atoms with Gasteiger partial charge in [0.2, 0.25) is 0 Å². The van der Waals surface area contributed by atoms with Crippen molar-refractivity contribution in [1.29, 1.82) is 0 Å². The number of hydrogen-bond acceptors (Lipinski definition) is 24. The number of hydrogen-bond donors (Lipinski definition) is 9. The lowest BCUT2D eigenvalue weighted by molar-refractivity contribution is -0.929. The highest BCUT2D eigenvalue weighted by molar-refractivity contribution is 7.87. The lowest BCUT2D eigenvalue weighted by atomic mass is 10.1. The number of quaternary nitrogens is 1. The van der Waals surface area contributed by atoms with Crippen LogP contribution in [0.5, 0.6) is 0 Å². The number of aliphatic hydroxyl groups is 3. The third-order valence-electron chi connectivity index (χ3n) is 16.2. The predicted octanol–water partition coefficient (Wildman–Crippen LogP) is -0.709. The lowest BCUT2D eigenvalue weighted by Gasteiger charge is -2.44. The molecule has 3 fully saturated rings. The molecule has 6 atom stereocenters. The first-order chi connectivity index (χ1) is 41.3. The largest absolute Gasteiger partial charge is 0.502 e. The second kappa shape index (κ2) is 39.4. The summed E-state index contributed by atoms with van der Waals surface area (Å²) in [4.78, 5) is 10.4. The SMILES string of the molecule is CCCCCC[N+](CCCCCC)(CCCCCC)CCC[Si](OC(CN1CCN(CC(O)CS(=O)(=O)O)CC1)CS(=O)(=O)O)(OC(CN1CCN(CC(O)CS(=O)(=O)O)CC1)CS(=O)(=O)O)OC(CN1CCN(CC(O)CS(=O)(=O)O)CC1)CS(=O)(=O)O. The molecule has 9 N–H and O–H groups in total. The fraction of sp³-hybridized carbons (Fsp3) is 1.00. The fourth-order valence-electron chi connectivity index (χ4n) is 12.1. The van der Waals surface area contributed by atoms with E-state index in [1.807, 2.05) is 0 Å². The molecule has 38 heteroatoms. The van der Waals surface area contributed by atoms with Crippen LogP contribution in [0.25, 0.3) is 0 Å². The molecule has 3 rings (SSSR count). The lowest BCUT2D eigenvalue weighted by Crippen LogP contribution is -2.61. The van der Waals surface area contributed by atoms with Crippen LogP contribution in [0.3, 0.4) is 0 Å². The number of piperazine rings is 3. The van der Waals surface area contributed by atoms with E-state index < -0.39 is 141 Å². The topological polar surface area (TPSA) is 434 Å². The number of β-amino-alcohol motifs (C(OH)–C–C–N with tert-alkyl or cyclic N) is 3. The molecular formula is C51H108N7O24S6Si+. The van der Waals surface area contributed by atoms with Crippen LogP contribution >= 0.6 is 0 Å². The molecule has 3 aliphatic rings. The predicted molar refractivity (Wildman–Crippen MR) is 337 cm³/mol. The van der Waals surface area contributed by atoms with Gasteiger partial charge in [0.1, 0.15) is 34.5 Å². The van der Waals surface area contributed by atoms with E-state index in [-0.39, 0.29) is 130 Å². The Bertz CT molecular complexity index is 2430. The van der Waals surface area contributed by atoms with E-state index >= 15 is 0 Å². The highest BCUT2D eigenvalue weighted by Crippen LogP contribution is 2.30. The molecule has 31 nitrogen and oxygen atoms in total. The van der Waals surface area contributed by atoms with Crippen LogP contribution < -0.4 is 0 Å². The zero-order valence-electron chi connectivity index (χ0n) is 52.4. The molecule has 0 saturated carbocycles. The van der Waals surface area contributed by atoms with Crippen LogP contribution in [-0.2, 0) is 74.0 Å². The van der Waals surface area contributed by atoms with E-state index in [1.165, 1.54) is 0 Å². The van der Waals surface area contributed by atoms with Gasteiger partial charge in [-0.3, -0.25) is 56.7 Å². The van der Waals surface area contributed by atoms with Crippen molar-refractivity contribution < 1.29 is 111 Å². The van der Waals surface area contributed by atoms with E-state index in [4.69, 9.17) is 13.3 Å². The molecule has 89 heavy (non-hydrogen) atoms. The molecule has 0 amide bonds. The second-order valence-electron chi connectivity index (χ2n) is 24.7. The first kappa shape index (κ1) is 82.4. The first-order valence-electron chi connectivity index (χ1n) is 31.3. The summed E-state index contributed by atoms with van der Waals surface area (Å²) in [6, 6.07) is -0.226. The highest BCUT2D eigenvalue weighted by Gasteiger charge is 2.50. The summed E-state index contributed by atoms with van der Waals surface area (Å²) in [6.07, 6.45) is 2.72. The van der Waals surface area contributed by atoms with Gasteiger partial charge in [0, 0.05) is 130 Å². The van der Waals surface area contributed by atoms with Crippen molar-refractivity contribution in [1.82, 2.24) is 29.4 Å². The molecule has 0 aromatic carbocycles. The molecule has 0 aromatic rings. The van der Waals surface area contributed by atoms with Gasteiger partial charge in [-0.15, -0.1) is 0 Å². The standard InChI is InChI=1S/C51H107N7O24S6Si/c1-4-7-10-13-29-58(30-14-11-8-5-2,31-15-12-9-6-3)32-16-33-89(80-49(43-86(71,72)73)37-55-23-17-52(18-24-55)34-46(59)40-83(62,63)64,81-50(44-87(74,75)76)38-56-25-19-53(20-26-56)35-47(60)41-84(65,66)67)82-51(45-88(77,78)79)39-57-27-21-54(22-28-57)36-48(61)42-85(68,69)70/h46-51,59-61H,4-45H2,1-3H3,(H5-,62,63,64,65,66,67,68,69,70,71,72,73,74,75,76,77,78,79)/p+1. The maximum Gasteiger partial charge on any atom is 0.502 e. The van der Waals surface area contributed by atoms with E-state index in [9.17, 15) is 93.1 Å². The molecule has 3 heterocycles. The Morgan fingerprint density at radius 3 is 0.753 bits per heavy atom. The Morgan fingerprint density at radius 2 is 0.539 bits per heavy atom. The summed E-state index contributed by atoms with van der Waals surface area (Å²) in [5.74, 6) is -6.06. The number of unbranched alkanes of at least 4 members (excludes halogenated alkanes) is 9. The Hall–Kier alpha value is -0.843. The van der Waals surface area contributed by atoms with Crippen LogP contribution in [0.2, 0.25) is 6.04 Å². The summed E-state index contributed by atoms with van der Waals surface area (Å²) in [7, 11) is -33.5. The third-order valence-corrected chi connectivity index (χ3v) is 24.0. The van der Waals surface area contributed by atoms with Gasteiger partial charge >= 0.3 is 8.80 Å². The van der Waals surface area contributed by atoms with Crippen LogP contribution in [0.1, 0.15) is 104 Å². The molecule has 0 spiro atoms. The summed E-state index contributed by atoms with van der Waals surface area (Å²) < 4.78 is 230. The molecule has 0 bridgehead atoms. The molecule has 3 saturated heterocycles. The van der Waals surface area contributed by atoms with Crippen molar-refractivity contribution >= 4 is 69.5 Å². The minimum atomic E-state index is -5.03. The van der Waals surface area contributed by atoms with Gasteiger partial charge in [-0.1, -0.05) is 59.3 Å². The zero-order valence-corrected chi connectivity index (χ0v) is 58.3. The normalized spacial score (nSPS) is 20.5. The summed E-state index contributed by atoms with van der Waals surface area (Å²) in [5, 5.41) is 31.3. The summed E-state index contributed by atoms with van der Waals surface area (Å²) >= 11 is 0. The first-order valence-corrected chi connectivity index (χ1v) is 42.8. The van der Waals surface area contributed by atoms with Gasteiger partial charge in [-0.25, -0.2) is 0 Å². The van der Waals surface area contributed by atoms with Gasteiger partial charge in [-0.05, 0) is 38.5 Å². The number of rotatable bonds is 49. The van der Waals surface area contributed by atoms with Crippen molar-refractivity contribution in [3.63, 3.8) is 0 Å². The molecule has 530 valence electrons. The molecule has 0 aliphatic carbocycles. The minimum absolute atomic E-state index is 0.146. The van der Waals surface area contributed by atoms with Crippen molar-refractivity contribution in [2.45, 2.75) is 147 Å². The Morgan fingerprint density at radius 1 is 0.326 bits per heavy atom. The van der Waals surface area contributed by atoms with Crippen LogP contribution in [-0.4, -0.2) is 351 Å². The second-order valence-corrected chi connectivity index (χ2v) is 36.2. The fourth-order valence-corrected chi connectivity index (χ4v) is 19.3. The molecule has 0 aromatic heterocycles. The monoisotopic (exact) mass is 1420 g/mol. The molecule has 0 radical (unpaired) electrons. The summed E-state index contributed by atoms with van der Waals surface area (Å²) in [5.41, 5.74) is 0. The number of aliphatic hydroxyl groups excluding tert-OH is 3. The Balaban J connectivity index is 2.30. The van der Waals surface area contributed by atoms with Crippen molar-refractivity contribution in [2.24, 2.45) is 0 Å². The maximum absolute atomic E-state index is 13.2. The Kier molecular flexibility index (Phi) is 36.5. The van der Waals surface area contributed by atoms with Gasteiger partial charge in [0.15, 0.2) is 0 Å². The van der Waals surface area contributed by atoms with Gasteiger partial charge in [0.25, 0.3) is 60.7 Å². The van der Waals surface area contributed by atoms with Crippen LogP contribution in [0, 0.1) is 0 Å². The van der Waals surface area contributed by atoms with Gasteiger partial charge < -0.3 is 33.1 Å². The van der Waals surface area contributed by atoms with E-state index in [1.54, 1.807) is 29.4 Å². The van der Waals surface area contributed by atoms with Gasteiger partial charge in [-0.2, -0.15) is 50.5 Å². The van der Waals surface area contributed by atoms with Crippen molar-refractivity contribution in [3.8, 4) is 0 Å². The summed E-state index contributed by atoms with van der Waals surface area (Å²) in [6.45, 7) is 10.0. The van der Waals surface area contributed by atoms with E-state index in [0.29, 0.717) is 11.0 Å². The van der Waals surface area contributed by atoms with E-state index in [2.05, 4.69) is 20.8 Å². The number of nitrogens with zero attached hydrogens (tertiary/aromatic N) is 7. The third kappa shape index (κ3) is 39.1. The van der Waals surface area contributed by atoms with Crippen LogP contribution in [0.15, 0.2) is 0 Å². The molecule has 3 aliphatic heterocycles. The Labute approximate surface area is 532 Å². The average molecular weight is 1420 g/mol. The quantitative estimate of drug-likeness (QED) is 0.0157. The van der Waals surface area contributed by atoms with Gasteiger partial charge in [0.05, 0.1) is 62.8 Å². The van der Waals surface area contributed by atoms with Crippen molar-refractivity contribution in [2.75, 3.05) is 179 Å².